The van der Waals surface area contributed by atoms with Crippen molar-refractivity contribution in [3.05, 3.63) is 92.7 Å². The number of hydrogen-bond donors (Lipinski definition) is 1. The molecular weight excluding hydrogens is 479 g/mol. The maximum atomic E-state index is 6.25. The number of rotatable bonds is 8. The molecule has 168 valence electrons. The van der Waals surface area contributed by atoms with E-state index in [0.29, 0.717) is 38.7 Å². The van der Waals surface area contributed by atoms with Gasteiger partial charge in [-0.25, -0.2) is 5.10 Å². The van der Waals surface area contributed by atoms with Crippen LogP contribution in [-0.4, -0.2) is 27.7 Å². The van der Waals surface area contributed by atoms with Crippen LogP contribution >= 0.6 is 35.4 Å². The lowest BCUT2D eigenvalue weighted by Gasteiger charge is -2.13. The van der Waals surface area contributed by atoms with E-state index in [4.69, 9.17) is 44.9 Å². The van der Waals surface area contributed by atoms with Crippen LogP contribution in [0.25, 0.3) is 11.4 Å². The third kappa shape index (κ3) is 5.63. The minimum atomic E-state index is 0.286. The van der Waals surface area contributed by atoms with E-state index in [2.05, 4.69) is 15.3 Å². The Morgan fingerprint density at radius 3 is 2.61 bits per heavy atom. The normalized spacial score (nSPS) is 11.1. The van der Waals surface area contributed by atoms with Crippen molar-refractivity contribution in [2.75, 3.05) is 6.61 Å². The van der Waals surface area contributed by atoms with E-state index in [1.165, 1.54) is 0 Å². The van der Waals surface area contributed by atoms with Crippen molar-refractivity contribution >= 4 is 41.6 Å². The molecule has 1 heterocycles. The maximum Gasteiger partial charge on any atom is 0.216 e. The molecule has 1 aromatic heterocycles. The van der Waals surface area contributed by atoms with Crippen molar-refractivity contribution in [1.29, 1.82) is 0 Å². The quantitative estimate of drug-likeness (QED) is 0.215. The van der Waals surface area contributed by atoms with Crippen LogP contribution in [0.5, 0.6) is 11.5 Å². The standard InChI is InChI=1S/C24H20Cl2N4O2S/c1-2-31-22-12-16(8-11-21(22)32-15-18-9-10-19(25)13-20(18)26)14-27-30-23(28-29-24(30)33)17-6-4-3-5-7-17/h3-14H,2,15H2,1H3,(H,29,33)/b27-14-. The minimum Gasteiger partial charge on any atom is -0.490 e. The summed E-state index contributed by atoms with van der Waals surface area (Å²) in [5, 5.41) is 12.7. The van der Waals surface area contributed by atoms with Gasteiger partial charge in [0, 0.05) is 21.2 Å². The third-order valence-corrected chi connectivity index (χ3v) is 5.52. The van der Waals surface area contributed by atoms with Crippen molar-refractivity contribution in [2.45, 2.75) is 13.5 Å². The zero-order valence-electron chi connectivity index (χ0n) is 17.7. The van der Waals surface area contributed by atoms with E-state index >= 15 is 0 Å². The van der Waals surface area contributed by atoms with Crippen molar-refractivity contribution in [3.63, 3.8) is 0 Å². The fraction of sp³-hybridized carbons (Fsp3) is 0.125. The molecule has 0 bridgehead atoms. The summed E-state index contributed by atoms with van der Waals surface area (Å²) in [4.78, 5) is 0. The fourth-order valence-corrected chi connectivity index (χ4v) is 3.73. The molecule has 0 unspecified atom stereocenters. The molecule has 4 aromatic rings. The molecule has 33 heavy (non-hydrogen) atoms. The molecule has 0 atom stereocenters. The minimum absolute atomic E-state index is 0.286. The predicted octanol–water partition coefficient (Wildman–Crippen LogP) is 6.77. The Morgan fingerprint density at radius 2 is 1.85 bits per heavy atom. The summed E-state index contributed by atoms with van der Waals surface area (Å²) in [6, 6.07) is 20.6. The molecule has 0 saturated carbocycles. The van der Waals surface area contributed by atoms with Gasteiger partial charge in [-0.15, -0.1) is 0 Å². The number of aromatic amines is 1. The highest BCUT2D eigenvalue weighted by molar-refractivity contribution is 7.71. The number of halogens is 2. The SMILES string of the molecule is CCOc1cc(/C=N\n2c(-c3ccccc3)n[nH]c2=S)ccc1OCc1ccc(Cl)cc1Cl. The molecule has 0 saturated heterocycles. The van der Waals surface area contributed by atoms with Crippen LogP contribution in [0.2, 0.25) is 10.0 Å². The number of ether oxygens (including phenoxy) is 2. The Bertz CT molecular complexity index is 1340. The Hall–Kier alpha value is -3.13. The smallest absolute Gasteiger partial charge is 0.216 e. The largest absolute Gasteiger partial charge is 0.490 e. The number of aromatic nitrogens is 3. The zero-order valence-corrected chi connectivity index (χ0v) is 20.0. The molecule has 9 heteroatoms. The number of nitrogens with one attached hydrogen (secondary N) is 1. The Morgan fingerprint density at radius 1 is 1.03 bits per heavy atom. The second-order valence-electron chi connectivity index (χ2n) is 6.94. The summed E-state index contributed by atoms with van der Waals surface area (Å²) in [5.41, 5.74) is 2.55. The van der Waals surface area contributed by atoms with Crippen LogP contribution in [-0.2, 0) is 6.61 Å². The Kier molecular flexibility index (Phi) is 7.44. The number of H-pyrrole nitrogens is 1. The summed E-state index contributed by atoms with van der Waals surface area (Å²) < 4.78 is 13.7. The van der Waals surface area contributed by atoms with Gasteiger partial charge in [0.05, 0.1) is 12.8 Å². The van der Waals surface area contributed by atoms with Gasteiger partial charge in [0.1, 0.15) is 6.61 Å². The van der Waals surface area contributed by atoms with Gasteiger partial charge in [-0.1, -0.05) is 59.6 Å². The number of benzene rings is 3. The summed E-state index contributed by atoms with van der Waals surface area (Å²) in [6.45, 7) is 2.69. The van der Waals surface area contributed by atoms with Crippen LogP contribution in [0.3, 0.4) is 0 Å². The third-order valence-electron chi connectivity index (χ3n) is 4.67. The van der Waals surface area contributed by atoms with Gasteiger partial charge in [-0.05, 0) is 55.0 Å². The van der Waals surface area contributed by atoms with Crippen LogP contribution in [0, 0.1) is 4.77 Å². The van der Waals surface area contributed by atoms with Crippen molar-refractivity contribution in [2.24, 2.45) is 5.10 Å². The van der Waals surface area contributed by atoms with Crippen molar-refractivity contribution in [3.8, 4) is 22.9 Å². The lowest BCUT2D eigenvalue weighted by atomic mass is 10.2. The van der Waals surface area contributed by atoms with Gasteiger partial charge in [-0.2, -0.15) is 14.9 Å². The van der Waals surface area contributed by atoms with E-state index in [1.807, 2.05) is 61.5 Å². The van der Waals surface area contributed by atoms with Gasteiger partial charge in [-0.3, -0.25) is 0 Å². The Labute approximate surface area is 206 Å². The molecule has 0 aliphatic carbocycles. The van der Waals surface area contributed by atoms with E-state index in [-0.39, 0.29) is 6.61 Å². The molecule has 0 aliphatic heterocycles. The van der Waals surface area contributed by atoms with Gasteiger partial charge in [0.2, 0.25) is 4.77 Å². The molecule has 1 N–H and O–H groups in total. The molecule has 0 amide bonds. The van der Waals surface area contributed by atoms with Crippen molar-refractivity contribution in [1.82, 2.24) is 14.9 Å². The van der Waals surface area contributed by atoms with Crippen LogP contribution < -0.4 is 9.47 Å². The Balaban J connectivity index is 1.56. The van der Waals surface area contributed by atoms with Crippen LogP contribution in [0.1, 0.15) is 18.1 Å². The average Bonchev–Trinajstić information content (AvgIpc) is 3.19. The molecule has 6 nitrogen and oxygen atoms in total. The molecule has 4 rings (SSSR count). The lowest BCUT2D eigenvalue weighted by Crippen LogP contribution is -2.01. The molecule has 0 spiro atoms. The first-order valence-electron chi connectivity index (χ1n) is 10.2. The zero-order chi connectivity index (χ0) is 23.2. The van der Waals surface area contributed by atoms with Crippen molar-refractivity contribution < 1.29 is 9.47 Å². The monoisotopic (exact) mass is 498 g/mol. The maximum absolute atomic E-state index is 6.25. The first-order chi connectivity index (χ1) is 16.0. The highest BCUT2D eigenvalue weighted by Gasteiger charge is 2.10. The summed E-state index contributed by atoms with van der Waals surface area (Å²) in [7, 11) is 0. The molecule has 0 aliphatic rings. The highest BCUT2D eigenvalue weighted by Crippen LogP contribution is 2.30. The number of nitrogens with zero attached hydrogens (tertiary/aromatic N) is 3. The second-order valence-corrected chi connectivity index (χ2v) is 8.17. The molecule has 0 radical (unpaired) electrons. The van der Waals surface area contributed by atoms with Crippen LogP contribution in [0.15, 0.2) is 71.8 Å². The summed E-state index contributed by atoms with van der Waals surface area (Å²) in [5.74, 6) is 1.83. The summed E-state index contributed by atoms with van der Waals surface area (Å²) in [6.07, 6.45) is 1.69. The van der Waals surface area contributed by atoms with E-state index in [1.54, 1.807) is 23.0 Å². The first-order valence-corrected chi connectivity index (χ1v) is 11.3. The van der Waals surface area contributed by atoms with Gasteiger partial charge in [0.15, 0.2) is 17.3 Å². The first kappa shape index (κ1) is 23.0. The van der Waals surface area contributed by atoms with Gasteiger partial charge in [0.25, 0.3) is 0 Å². The predicted molar refractivity (Wildman–Crippen MR) is 134 cm³/mol. The average molecular weight is 499 g/mol. The number of hydrogen-bond acceptors (Lipinski definition) is 5. The second kappa shape index (κ2) is 10.7. The van der Waals surface area contributed by atoms with Gasteiger partial charge >= 0.3 is 0 Å². The highest BCUT2D eigenvalue weighted by atomic mass is 35.5. The van der Waals surface area contributed by atoms with E-state index < -0.39 is 0 Å². The fourth-order valence-electron chi connectivity index (χ4n) is 3.08. The summed E-state index contributed by atoms with van der Waals surface area (Å²) >= 11 is 17.6. The van der Waals surface area contributed by atoms with E-state index in [9.17, 15) is 0 Å². The van der Waals surface area contributed by atoms with Crippen LogP contribution in [0.4, 0.5) is 0 Å². The molecular formula is C24H20Cl2N4O2S. The topological polar surface area (TPSA) is 64.4 Å². The molecule has 0 fully saturated rings. The van der Waals surface area contributed by atoms with Gasteiger partial charge < -0.3 is 9.47 Å². The lowest BCUT2D eigenvalue weighted by molar-refractivity contribution is 0.269. The molecule has 3 aromatic carbocycles. The van der Waals surface area contributed by atoms with E-state index in [0.717, 1.165) is 16.7 Å².